The molecule has 0 bridgehead atoms. The zero-order valence-corrected chi connectivity index (χ0v) is 18.9. The van der Waals surface area contributed by atoms with Gasteiger partial charge in [0.05, 0.1) is 11.9 Å². The summed E-state index contributed by atoms with van der Waals surface area (Å²) in [7, 11) is 0. The van der Waals surface area contributed by atoms with Crippen molar-refractivity contribution in [1.82, 2.24) is 4.98 Å². The number of fused-ring (bicyclic) bond motifs is 1. The lowest BCUT2D eigenvalue weighted by atomic mass is 9.72. The van der Waals surface area contributed by atoms with Crippen molar-refractivity contribution >= 4 is 33.8 Å². The van der Waals surface area contributed by atoms with Crippen molar-refractivity contribution in [3.63, 3.8) is 0 Å². The first-order chi connectivity index (χ1) is 15.5. The van der Waals surface area contributed by atoms with Gasteiger partial charge in [-0.3, -0.25) is 9.79 Å². The first-order valence-corrected chi connectivity index (χ1v) is 11.5. The molecule has 3 aromatic rings. The van der Waals surface area contributed by atoms with Crippen LogP contribution in [0.5, 0.6) is 0 Å². The molecule has 4 nitrogen and oxygen atoms in total. The van der Waals surface area contributed by atoms with Gasteiger partial charge in [-0.2, -0.15) is 0 Å². The standard InChI is InChI=1S/C27H25ClN2O2/c1-16-22-12-11-21(14-23(22)30-17(2)25(16)18-7-4-3-5-8-18)27-29-15-24(32-27)19-9-6-10-20(13-19)26(28)31/h6,9-15,18,25H,1,3-5,7-8H2,2H3. The maximum Gasteiger partial charge on any atom is 0.252 e. The molecule has 2 aromatic carbocycles. The fourth-order valence-corrected chi connectivity index (χ4v) is 5.25. The van der Waals surface area contributed by atoms with Crippen molar-refractivity contribution in [2.24, 2.45) is 16.8 Å². The van der Waals surface area contributed by atoms with Gasteiger partial charge in [0, 0.05) is 33.9 Å². The summed E-state index contributed by atoms with van der Waals surface area (Å²) in [5.74, 6) is 2.09. The van der Waals surface area contributed by atoms with E-state index in [-0.39, 0.29) is 0 Å². The molecular weight excluding hydrogens is 420 g/mol. The van der Waals surface area contributed by atoms with Crippen LogP contribution in [-0.4, -0.2) is 15.9 Å². The molecule has 2 aliphatic rings. The van der Waals surface area contributed by atoms with E-state index in [2.05, 4.69) is 24.6 Å². The summed E-state index contributed by atoms with van der Waals surface area (Å²) in [6, 6.07) is 13.2. The topological polar surface area (TPSA) is 55.5 Å². The number of aliphatic imine (C=N–C) groups is 1. The third-order valence-electron chi connectivity index (χ3n) is 6.71. The van der Waals surface area contributed by atoms with Crippen molar-refractivity contribution in [2.45, 2.75) is 39.0 Å². The number of hydrogen-bond donors (Lipinski definition) is 0. The molecule has 5 rings (SSSR count). The van der Waals surface area contributed by atoms with Gasteiger partial charge in [-0.05, 0) is 61.1 Å². The van der Waals surface area contributed by atoms with Crippen LogP contribution in [0.25, 0.3) is 28.4 Å². The van der Waals surface area contributed by atoms with E-state index in [9.17, 15) is 4.79 Å². The summed E-state index contributed by atoms with van der Waals surface area (Å²) in [5, 5.41) is -0.499. The Morgan fingerprint density at radius 3 is 2.69 bits per heavy atom. The Bertz CT molecular complexity index is 1230. The van der Waals surface area contributed by atoms with E-state index in [1.807, 2.05) is 18.2 Å². The molecular formula is C27H25ClN2O2. The van der Waals surface area contributed by atoms with Crippen molar-refractivity contribution < 1.29 is 9.21 Å². The molecule has 0 radical (unpaired) electrons. The number of halogens is 1. The zero-order chi connectivity index (χ0) is 22.2. The number of nitrogens with zero attached hydrogens (tertiary/aromatic N) is 2. The molecule has 0 saturated heterocycles. The molecule has 1 fully saturated rings. The number of aromatic nitrogens is 1. The Morgan fingerprint density at radius 2 is 1.91 bits per heavy atom. The summed E-state index contributed by atoms with van der Waals surface area (Å²) in [6.07, 6.45) is 8.15. The Kier molecular flexibility index (Phi) is 5.56. The molecule has 1 aliphatic heterocycles. The SMILES string of the molecule is C=C1c2ccc(-c3ncc(-c4cccc(C(=O)Cl)c4)o3)cc2N=C(C)C1C1CCCCC1. The van der Waals surface area contributed by atoms with E-state index in [1.54, 1.807) is 24.4 Å². The van der Waals surface area contributed by atoms with Gasteiger partial charge in [0.1, 0.15) is 0 Å². The maximum absolute atomic E-state index is 11.5. The van der Waals surface area contributed by atoms with Crippen LogP contribution < -0.4 is 0 Å². The molecule has 1 saturated carbocycles. The minimum absolute atomic E-state index is 0.346. The summed E-state index contributed by atoms with van der Waals surface area (Å²) in [4.78, 5) is 20.9. The molecule has 5 heteroatoms. The highest BCUT2D eigenvalue weighted by Gasteiger charge is 2.32. The van der Waals surface area contributed by atoms with Crippen molar-refractivity contribution in [3.05, 3.63) is 66.4 Å². The van der Waals surface area contributed by atoms with Gasteiger partial charge in [0.15, 0.2) is 5.76 Å². The quantitative estimate of drug-likeness (QED) is 0.387. The highest BCUT2D eigenvalue weighted by atomic mass is 35.5. The summed E-state index contributed by atoms with van der Waals surface area (Å²) < 4.78 is 6.02. The van der Waals surface area contributed by atoms with E-state index in [0.29, 0.717) is 29.1 Å². The summed E-state index contributed by atoms with van der Waals surface area (Å²) >= 11 is 5.61. The normalized spacial score (nSPS) is 18.9. The van der Waals surface area contributed by atoms with Crippen molar-refractivity contribution in [1.29, 1.82) is 0 Å². The minimum Gasteiger partial charge on any atom is -0.436 e. The number of oxazole rings is 1. The fraction of sp³-hybridized carbons (Fsp3) is 0.296. The highest BCUT2D eigenvalue weighted by molar-refractivity contribution is 6.67. The number of rotatable bonds is 4. The molecule has 0 spiro atoms. The second-order valence-electron chi connectivity index (χ2n) is 8.77. The number of carbonyl (C=O) groups excluding carboxylic acids is 1. The zero-order valence-electron chi connectivity index (χ0n) is 18.1. The van der Waals surface area contributed by atoms with Gasteiger partial charge in [-0.15, -0.1) is 0 Å². The van der Waals surface area contributed by atoms with Gasteiger partial charge < -0.3 is 4.42 Å². The largest absolute Gasteiger partial charge is 0.436 e. The second kappa shape index (κ2) is 8.51. The van der Waals surface area contributed by atoms with Crippen LogP contribution in [0.1, 0.15) is 54.9 Å². The third kappa shape index (κ3) is 3.84. The maximum atomic E-state index is 11.5. The smallest absolute Gasteiger partial charge is 0.252 e. The lowest BCUT2D eigenvalue weighted by Gasteiger charge is -2.34. The van der Waals surface area contributed by atoms with Crippen LogP contribution in [-0.2, 0) is 0 Å². The second-order valence-corrected chi connectivity index (χ2v) is 9.11. The summed E-state index contributed by atoms with van der Waals surface area (Å²) in [6.45, 7) is 6.61. The van der Waals surface area contributed by atoms with E-state index >= 15 is 0 Å². The molecule has 1 aliphatic carbocycles. The number of hydrogen-bond acceptors (Lipinski definition) is 4. The summed E-state index contributed by atoms with van der Waals surface area (Å²) in [5.41, 5.74) is 6.42. The molecule has 2 heterocycles. The Hall–Kier alpha value is -2.98. The Balaban J connectivity index is 1.44. The number of benzene rings is 2. The highest BCUT2D eigenvalue weighted by Crippen LogP contribution is 2.45. The van der Waals surface area contributed by atoms with Gasteiger partial charge in [0.2, 0.25) is 5.89 Å². The Morgan fingerprint density at radius 1 is 1.09 bits per heavy atom. The number of carbonyl (C=O) groups is 1. The third-order valence-corrected chi connectivity index (χ3v) is 6.93. The van der Waals surface area contributed by atoms with E-state index < -0.39 is 5.24 Å². The average molecular weight is 445 g/mol. The van der Waals surface area contributed by atoms with Crippen molar-refractivity contribution in [2.75, 3.05) is 0 Å². The monoisotopic (exact) mass is 444 g/mol. The molecule has 1 atom stereocenters. The first kappa shape index (κ1) is 20.9. The van der Waals surface area contributed by atoms with Crippen LogP contribution in [0.2, 0.25) is 0 Å². The van der Waals surface area contributed by atoms with Gasteiger partial charge in [-0.1, -0.05) is 50.1 Å². The molecule has 0 amide bonds. The van der Waals surface area contributed by atoms with Crippen molar-refractivity contribution in [3.8, 4) is 22.8 Å². The van der Waals surface area contributed by atoms with Crippen LogP contribution in [0.15, 0.2) is 64.6 Å². The van der Waals surface area contributed by atoms with Crippen LogP contribution in [0, 0.1) is 11.8 Å². The fourth-order valence-electron chi connectivity index (χ4n) is 5.14. The van der Waals surface area contributed by atoms with Gasteiger partial charge in [0.25, 0.3) is 5.24 Å². The number of allylic oxidation sites excluding steroid dienone is 1. The van der Waals surface area contributed by atoms with Crippen LogP contribution >= 0.6 is 11.6 Å². The molecule has 0 N–H and O–H groups in total. The van der Waals surface area contributed by atoms with E-state index in [1.165, 1.54) is 37.7 Å². The van der Waals surface area contributed by atoms with E-state index in [0.717, 1.165) is 28.1 Å². The lowest BCUT2D eigenvalue weighted by Crippen LogP contribution is -2.27. The minimum atomic E-state index is -0.499. The average Bonchev–Trinajstić information content (AvgIpc) is 3.30. The molecule has 32 heavy (non-hydrogen) atoms. The Labute approximate surface area is 193 Å². The van der Waals surface area contributed by atoms with E-state index in [4.69, 9.17) is 21.0 Å². The van der Waals surface area contributed by atoms with Crippen LogP contribution in [0.3, 0.4) is 0 Å². The van der Waals surface area contributed by atoms with Crippen LogP contribution in [0.4, 0.5) is 5.69 Å². The lowest BCUT2D eigenvalue weighted by molar-refractivity contribution is 0.108. The van der Waals surface area contributed by atoms with Gasteiger partial charge >= 0.3 is 0 Å². The molecule has 1 aromatic heterocycles. The van der Waals surface area contributed by atoms with Gasteiger partial charge in [-0.25, -0.2) is 4.98 Å². The molecule has 1 unspecified atom stereocenters. The molecule has 162 valence electrons. The predicted octanol–water partition coefficient (Wildman–Crippen LogP) is 7.70. The first-order valence-electron chi connectivity index (χ1n) is 11.2. The predicted molar refractivity (Wildman–Crippen MR) is 129 cm³/mol.